The summed E-state index contributed by atoms with van der Waals surface area (Å²) in [5.74, 6) is 0.244. The number of hydrogen-bond donors (Lipinski definition) is 1. The maximum Gasteiger partial charge on any atom is 0.281 e. The first kappa shape index (κ1) is 11.7. The van der Waals surface area contributed by atoms with Crippen molar-refractivity contribution >= 4 is 11.6 Å². The van der Waals surface area contributed by atoms with E-state index in [2.05, 4.69) is 0 Å². The minimum atomic E-state index is -0.196. The molecule has 2 N–H and O–H groups in total. The summed E-state index contributed by atoms with van der Waals surface area (Å²) in [6.45, 7) is 3.51. The van der Waals surface area contributed by atoms with Crippen LogP contribution in [0.3, 0.4) is 0 Å². The van der Waals surface area contributed by atoms with E-state index < -0.39 is 0 Å². The van der Waals surface area contributed by atoms with E-state index in [0.717, 1.165) is 6.42 Å². The Morgan fingerprint density at radius 2 is 2.41 bits per heavy atom. The highest BCUT2D eigenvalue weighted by atomic mass is 16.7. The first-order chi connectivity index (χ1) is 8.24. The van der Waals surface area contributed by atoms with Gasteiger partial charge >= 0.3 is 0 Å². The lowest BCUT2D eigenvalue weighted by Gasteiger charge is -2.17. The molecule has 0 aliphatic carbocycles. The van der Waals surface area contributed by atoms with Crippen LogP contribution in [-0.4, -0.2) is 30.7 Å². The van der Waals surface area contributed by atoms with Gasteiger partial charge in [-0.2, -0.15) is 0 Å². The van der Waals surface area contributed by atoms with Gasteiger partial charge in [0.25, 0.3) is 5.91 Å². The lowest BCUT2D eigenvalue weighted by molar-refractivity contribution is -0.0769. The summed E-state index contributed by atoms with van der Waals surface area (Å²) >= 11 is 0. The molecule has 92 valence electrons. The number of nitrogen functional groups attached to an aromatic ring is 1. The predicted molar refractivity (Wildman–Crippen MR) is 63.6 cm³/mol. The molecule has 1 amide bonds. The molecular weight excluding hydrogens is 220 g/mol. The van der Waals surface area contributed by atoms with Gasteiger partial charge in [-0.15, -0.1) is 0 Å². The Labute approximate surface area is 100 Å². The highest BCUT2D eigenvalue weighted by Gasteiger charge is 2.24. The van der Waals surface area contributed by atoms with Crippen molar-refractivity contribution in [3.8, 4) is 5.75 Å². The van der Waals surface area contributed by atoms with Gasteiger partial charge in [-0.25, -0.2) is 5.06 Å². The van der Waals surface area contributed by atoms with Crippen LogP contribution in [-0.2, 0) is 4.84 Å². The van der Waals surface area contributed by atoms with E-state index in [1.54, 1.807) is 18.2 Å². The van der Waals surface area contributed by atoms with Gasteiger partial charge < -0.3 is 10.5 Å². The van der Waals surface area contributed by atoms with Crippen molar-refractivity contribution in [1.82, 2.24) is 5.06 Å². The number of ether oxygens (including phenoxy) is 1. The lowest BCUT2D eigenvalue weighted by atomic mass is 10.1. The second-order valence-electron chi connectivity index (χ2n) is 3.75. The summed E-state index contributed by atoms with van der Waals surface area (Å²) < 4.78 is 5.42. The largest absolute Gasteiger partial charge is 0.491 e. The third-order valence-corrected chi connectivity index (χ3v) is 2.54. The second-order valence-corrected chi connectivity index (χ2v) is 3.75. The van der Waals surface area contributed by atoms with E-state index in [1.165, 1.54) is 5.06 Å². The number of hydrogen-bond acceptors (Lipinski definition) is 4. The summed E-state index contributed by atoms with van der Waals surface area (Å²) in [5, 5.41) is 1.36. The number of nitrogens with two attached hydrogens (primary N) is 1. The molecule has 1 aromatic rings. The van der Waals surface area contributed by atoms with E-state index in [0.29, 0.717) is 36.8 Å². The van der Waals surface area contributed by atoms with E-state index in [-0.39, 0.29) is 5.91 Å². The van der Waals surface area contributed by atoms with E-state index in [4.69, 9.17) is 15.3 Å². The van der Waals surface area contributed by atoms with E-state index in [9.17, 15) is 4.79 Å². The third-order valence-electron chi connectivity index (χ3n) is 2.54. The van der Waals surface area contributed by atoms with Gasteiger partial charge in [0.2, 0.25) is 0 Å². The number of rotatable bonds is 3. The average molecular weight is 236 g/mol. The minimum absolute atomic E-state index is 0.196. The summed E-state index contributed by atoms with van der Waals surface area (Å²) in [5.41, 5.74) is 6.73. The molecule has 1 heterocycles. The molecule has 1 aliphatic heterocycles. The van der Waals surface area contributed by atoms with Crippen molar-refractivity contribution in [2.45, 2.75) is 13.3 Å². The Balaban J connectivity index is 2.30. The van der Waals surface area contributed by atoms with Crippen molar-refractivity contribution in [2.75, 3.05) is 25.5 Å². The first-order valence-corrected chi connectivity index (χ1v) is 5.70. The Hall–Kier alpha value is -1.75. The van der Waals surface area contributed by atoms with Gasteiger partial charge in [0.1, 0.15) is 0 Å². The van der Waals surface area contributed by atoms with Crippen LogP contribution in [0.5, 0.6) is 5.75 Å². The summed E-state index contributed by atoms with van der Waals surface area (Å²) in [7, 11) is 0. The Kier molecular flexibility index (Phi) is 3.49. The summed E-state index contributed by atoms with van der Waals surface area (Å²) in [6.07, 6.45) is 0.859. The molecule has 1 aromatic carbocycles. The minimum Gasteiger partial charge on any atom is -0.491 e. The molecule has 0 unspecified atom stereocenters. The molecule has 5 heteroatoms. The molecule has 0 bridgehead atoms. The number of para-hydroxylation sites is 1. The maximum atomic E-state index is 12.2. The molecule has 0 saturated carbocycles. The Bertz CT molecular complexity index is 414. The number of carbonyl (C=O) groups excluding carboxylic acids is 1. The molecule has 0 aromatic heterocycles. The van der Waals surface area contributed by atoms with Crippen molar-refractivity contribution < 1.29 is 14.4 Å². The average Bonchev–Trinajstić information content (AvgIpc) is 2.85. The van der Waals surface area contributed by atoms with Gasteiger partial charge in [-0.3, -0.25) is 9.63 Å². The predicted octanol–water partition coefficient (Wildman–Crippen LogP) is 1.45. The molecule has 2 rings (SSSR count). The Morgan fingerprint density at radius 1 is 1.59 bits per heavy atom. The number of nitrogens with zero attached hydrogens (tertiary/aromatic N) is 1. The quantitative estimate of drug-likeness (QED) is 0.807. The van der Waals surface area contributed by atoms with E-state index >= 15 is 0 Å². The smallest absolute Gasteiger partial charge is 0.281 e. The molecule has 1 saturated heterocycles. The van der Waals surface area contributed by atoms with Crippen LogP contribution >= 0.6 is 0 Å². The summed E-state index contributed by atoms with van der Waals surface area (Å²) in [6, 6.07) is 5.15. The zero-order valence-corrected chi connectivity index (χ0v) is 9.81. The number of amides is 1. The van der Waals surface area contributed by atoms with Crippen molar-refractivity contribution in [2.24, 2.45) is 0 Å². The molecule has 0 atom stereocenters. The maximum absolute atomic E-state index is 12.2. The zero-order valence-electron chi connectivity index (χ0n) is 9.81. The van der Waals surface area contributed by atoms with Gasteiger partial charge in [-0.1, -0.05) is 6.07 Å². The molecule has 0 radical (unpaired) electrons. The fourth-order valence-electron chi connectivity index (χ4n) is 1.77. The lowest BCUT2D eigenvalue weighted by Crippen LogP contribution is -2.27. The van der Waals surface area contributed by atoms with E-state index in [1.807, 2.05) is 6.92 Å². The van der Waals surface area contributed by atoms with Crippen molar-refractivity contribution in [1.29, 1.82) is 0 Å². The normalized spacial score (nSPS) is 15.0. The molecule has 1 aliphatic rings. The third kappa shape index (κ3) is 2.34. The number of anilines is 1. The second kappa shape index (κ2) is 5.05. The van der Waals surface area contributed by atoms with Gasteiger partial charge in [-0.05, 0) is 25.5 Å². The SMILES string of the molecule is CCOc1c(N)cccc1C(=O)N1CCCO1. The first-order valence-electron chi connectivity index (χ1n) is 5.70. The monoisotopic (exact) mass is 236 g/mol. The van der Waals surface area contributed by atoms with Crippen LogP contribution in [0.1, 0.15) is 23.7 Å². The van der Waals surface area contributed by atoms with Gasteiger partial charge in [0, 0.05) is 0 Å². The van der Waals surface area contributed by atoms with Crippen LogP contribution in [0.4, 0.5) is 5.69 Å². The highest BCUT2D eigenvalue weighted by Crippen LogP contribution is 2.28. The van der Waals surface area contributed by atoms with Crippen molar-refractivity contribution in [3.63, 3.8) is 0 Å². The molecular formula is C12H16N2O3. The van der Waals surface area contributed by atoms with Crippen LogP contribution in [0.25, 0.3) is 0 Å². The van der Waals surface area contributed by atoms with Gasteiger partial charge in [0.05, 0.1) is 31.0 Å². The molecule has 17 heavy (non-hydrogen) atoms. The Morgan fingerprint density at radius 3 is 3.06 bits per heavy atom. The highest BCUT2D eigenvalue weighted by molar-refractivity contribution is 5.98. The van der Waals surface area contributed by atoms with Crippen LogP contribution in [0.2, 0.25) is 0 Å². The number of carbonyl (C=O) groups is 1. The van der Waals surface area contributed by atoms with Crippen LogP contribution in [0, 0.1) is 0 Å². The fraction of sp³-hybridized carbons (Fsp3) is 0.417. The fourth-order valence-corrected chi connectivity index (χ4v) is 1.77. The molecule has 1 fully saturated rings. The van der Waals surface area contributed by atoms with Crippen LogP contribution in [0.15, 0.2) is 18.2 Å². The molecule has 5 nitrogen and oxygen atoms in total. The van der Waals surface area contributed by atoms with Gasteiger partial charge in [0.15, 0.2) is 5.75 Å². The summed E-state index contributed by atoms with van der Waals surface area (Å²) in [4.78, 5) is 17.4. The topological polar surface area (TPSA) is 64.8 Å². The zero-order chi connectivity index (χ0) is 12.3. The number of hydroxylamine groups is 2. The standard InChI is InChI=1S/C12H16N2O3/c1-2-16-11-9(5-3-6-10(11)13)12(15)14-7-4-8-17-14/h3,5-6H,2,4,7-8,13H2,1H3. The van der Waals surface area contributed by atoms with Crippen molar-refractivity contribution in [3.05, 3.63) is 23.8 Å². The molecule has 0 spiro atoms. The number of benzene rings is 1. The van der Waals surface area contributed by atoms with Crippen LogP contribution < -0.4 is 10.5 Å².